The van der Waals surface area contributed by atoms with E-state index in [1.54, 1.807) is 36.2 Å². The van der Waals surface area contributed by atoms with Crippen molar-refractivity contribution in [3.63, 3.8) is 0 Å². The third-order valence-electron chi connectivity index (χ3n) is 4.89. The Morgan fingerprint density at radius 2 is 1.77 bits per heavy atom. The fourth-order valence-electron chi connectivity index (χ4n) is 3.07. The van der Waals surface area contributed by atoms with Gasteiger partial charge in [-0.3, -0.25) is 9.89 Å². The van der Waals surface area contributed by atoms with Crippen LogP contribution in [0, 0.1) is 5.82 Å². The van der Waals surface area contributed by atoms with Crippen molar-refractivity contribution in [2.45, 2.75) is 25.7 Å². The van der Waals surface area contributed by atoms with Crippen LogP contribution in [0.2, 0.25) is 0 Å². The molecule has 0 aliphatic rings. The predicted octanol–water partition coefficient (Wildman–Crippen LogP) is 3.56. The van der Waals surface area contributed by atoms with Crippen LogP contribution in [0.25, 0.3) is 11.3 Å². The van der Waals surface area contributed by atoms with Crippen LogP contribution in [-0.2, 0) is 6.42 Å². The molecular weight excluding hydrogens is 383 g/mol. The number of benzene rings is 1. The molecule has 0 unspecified atom stereocenters. The van der Waals surface area contributed by atoms with Crippen LogP contribution >= 0.6 is 0 Å². The largest absolute Gasteiger partial charge is 0.361 e. The number of amides is 1. The molecule has 30 heavy (non-hydrogen) atoms. The van der Waals surface area contributed by atoms with E-state index < -0.39 is 0 Å². The number of aryl methyl sites for hydroxylation is 1. The van der Waals surface area contributed by atoms with E-state index in [4.69, 9.17) is 0 Å². The number of anilines is 1. The summed E-state index contributed by atoms with van der Waals surface area (Å²) in [6, 6.07) is 11.8. The van der Waals surface area contributed by atoms with Crippen molar-refractivity contribution < 1.29 is 9.18 Å². The molecule has 158 valence electrons. The van der Waals surface area contributed by atoms with Crippen molar-refractivity contribution in [3.05, 3.63) is 59.7 Å². The summed E-state index contributed by atoms with van der Waals surface area (Å²) in [7, 11) is 5.54. The Hall–Kier alpha value is -3.29. The van der Waals surface area contributed by atoms with Gasteiger partial charge in [0.05, 0.1) is 5.69 Å². The average molecular weight is 410 g/mol. The molecule has 7 nitrogen and oxygen atoms in total. The molecule has 0 spiro atoms. The number of aromatic nitrogens is 4. The van der Waals surface area contributed by atoms with Gasteiger partial charge in [0.15, 0.2) is 11.5 Å². The van der Waals surface area contributed by atoms with Gasteiger partial charge in [0.1, 0.15) is 5.82 Å². The number of carbonyl (C=O) groups excluding carboxylic acids is 1. The first kappa shape index (κ1) is 21.4. The van der Waals surface area contributed by atoms with Crippen LogP contribution in [0.1, 0.15) is 35.4 Å². The highest BCUT2D eigenvalue weighted by Crippen LogP contribution is 2.19. The molecule has 0 bridgehead atoms. The van der Waals surface area contributed by atoms with Crippen molar-refractivity contribution in [1.82, 2.24) is 25.3 Å². The van der Waals surface area contributed by atoms with E-state index >= 15 is 0 Å². The number of halogens is 1. The average Bonchev–Trinajstić information content (AvgIpc) is 3.22. The SMILES string of the molecule is CN(CCCCCc1cc(-c2ccc(F)cc2)n[nH]1)C(=O)c1ccc(N(C)C)nn1. The third-order valence-corrected chi connectivity index (χ3v) is 4.89. The molecule has 3 rings (SSSR count). The molecule has 1 N–H and O–H groups in total. The molecule has 1 aromatic carbocycles. The van der Waals surface area contributed by atoms with Gasteiger partial charge in [-0.1, -0.05) is 6.42 Å². The van der Waals surface area contributed by atoms with Crippen LogP contribution in [0.3, 0.4) is 0 Å². The van der Waals surface area contributed by atoms with E-state index in [9.17, 15) is 9.18 Å². The van der Waals surface area contributed by atoms with E-state index in [0.29, 0.717) is 12.2 Å². The lowest BCUT2D eigenvalue weighted by Crippen LogP contribution is -2.29. The molecule has 8 heteroatoms. The van der Waals surface area contributed by atoms with Gasteiger partial charge in [-0.25, -0.2) is 4.39 Å². The lowest BCUT2D eigenvalue weighted by atomic mass is 10.1. The molecule has 1 amide bonds. The Kier molecular flexibility index (Phi) is 7.11. The van der Waals surface area contributed by atoms with Crippen molar-refractivity contribution in [2.24, 2.45) is 0 Å². The topological polar surface area (TPSA) is 78.0 Å². The molecular formula is C22H27FN6O. The summed E-state index contributed by atoms with van der Waals surface area (Å²) in [6.45, 7) is 0.666. The molecule has 2 aromatic heterocycles. The Balaban J connectivity index is 1.39. The van der Waals surface area contributed by atoms with Gasteiger partial charge in [0.2, 0.25) is 0 Å². The highest BCUT2D eigenvalue weighted by atomic mass is 19.1. The minimum atomic E-state index is -0.254. The maximum atomic E-state index is 13.0. The van der Waals surface area contributed by atoms with Gasteiger partial charge >= 0.3 is 0 Å². The summed E-state index contributed by atoms with van der Waals surface area (Å²) in [4.78, 5) is 16.0. The molecule has 2 heterocycles. The van der Waals surface area contributed by atoms with E-state index in [1.807, 2.05) is 25.1 Å². The lowest BCUT2D eigenvalue weighted by Gasteiger charge is -2.17. The minimum absolute atomic E-state index is 0.120. The molecule has 0 saturated carbocycles. The summed E-state index contributed by atoms with van der Waals surface area (Å²) in [6.07, 6.45) is 3.77. The Morgan fingerprint density at radius 1 is 1.00 bits per heavy atom. The maximum absolute atomic E-state index is 13.0. The van der Waals surface area contributed by atoms with Gasteiger partial charge in [-0.2, -0.15) is 5.10 Å². The van der Waals surface area contributed by atoms with E-state index in [2.05, 4.69) is 20.4 Å². The van der Waals surface area contributed by atoms with E-state index in [0.717, 1.165) is 48.5 Å². The first-order valence-electron chi connectivity index (χ1n) is 10.0. The molecule has 0 aliphatic heterocycles. The van der Waals surface area contributed by atoms with Gasteiger partial charge in [0.25, 0.3) is 5.91 Å². The number of hydrogen-bond donors (Lipinski definition) is 1. The fourth-order valence-corrected chi connectivity index (χ4v) is 3.07. The molecule has 0 aliphatic carbocycles. The van der Waals surface area contributed by atoms with Crippen LogP contribution in [0.4, 0.5) is 10.2 Å². The van der Waals surface area contributed by atoms with Gasteiger partial charge in [0, 0.05) is 38.9 Å². The molecule has 0 fully saturated rings. The van der Waals surface area contributed by atoms with Crippen LogP contribution < -0.4 is 4.90 Å². The smallest absolute Gasteiger partial charge is 0.274 e. The number of hydrogen-bond acceptors (Lipinski definition) is 5. The number of unbranched alkanes of at least 4 members (excludes halogenated alkanes) is 2. The first-order valence-corrected chi connectivity index (χ1v) is 10.0. The lowest BCUT2D eigenvalue weighted by molar-refractivity contribution is 0.0785. The summed E-state index contributed by atoms with van der Waals surface area (Å²) in [5.74, 6) is 0.344. The summed E-state index contributed by atoms with van der Waals surface area (Å²) in [5.41, 5.74) is 3.11. The summed E-state index contributed by atoms with van der Waals surface area (Å²) >= 11 is 0. The Bertz CT molecular complexity index is 953. The zero-order valence-electron chi connectivity index (χ0n) is 17.6. The Morgan fingerprint density at radius 3 is 2.43 bits per heavy atom. The number of H-pyrrole nitrogens is 1. The fraction of sp³-hybridized carbons (Fsp3) is 0.364. The number of rotatable bonds is 9. The minimum Gasteiger partial charge on any atom is -0.361 e. The van der Waals surface area contributed by atoms with Crippen LogP contribution in [0.5, 0.6) is 0 Å². The number of aromatic amines is 1. The molecule has 3 aromatic rings. The first-order chi connectivity index (χ1) is 14.4. The summed E-state index contributed by atoms with van der Waals surface area (Å²) in [5, 5.41) is 15.4. The maximum Gasteiger partial charge on any atom is 0.274 e. The Labute approximate surface area is 175 Å². The van der Waals surface area contributed by atoms with Crippen molar-refractivity contribution in [2.75, 3.05) is 32.6 Å². The molecule has 0 saturated heterocycles. The predicted molar refractivity (Wildman–Crippen MR) is 115 cm³/mol. The highest BCUT2D eigenvalue weighted by molar-refractivity contribution is 5.92. The van der Waals surface area contributed by atoms with Gasteiger partial charge < -0.3 is 9.80 Å². The monoisotopic (exact) mass is 410 g/mol. The zero-order chi connectivity index (χ0) is 21.5. The summed E-state index contributed by atoms with van der Waals surface area (Å²) < 4.78 is 13.0. The van der Waals surface area contributed by atoms with Crippen molar-refractivity contribution in [3.8, 4) is 11.3 Å². The van der Waals surface area contributed by atoms with Gasteiger partial charge in [-0.15, -0.1) is 10.2 Å². The second kappa shape index (κ2) is 9.96. The highest BCUT2D eigenvalue weighted by Gasteiger charge is 2.14. The van der Waals surface area contributed by atoms with Crippen molar-refractivity contribution in [1.29, 1.82) is 0 Å². The second-order valence-corrected chi connectivity index (χ2v) is 7.49. The quantitative estimate of drug-likeness (QED) is 0.546. The number of carbonyl (C=O) groups is 1. The normalized spacial score (nSPS) is 10.8. The number of nitrogens with one attached hydrogen (secondary N) is 1. The van der Waals surface area contributed by atoms with Crippen molar-refractivity contribution >= 4 is 11.7 Å². The van der Waals surface area contributed by atoms with Gasteiger partial charge in [-0.05, 0) is 61.7 Å². The van der Waals surface area contributed by atoms with E-state index in [1.165, 1.54) is 12.1 Å². The zero-order valence-corrected chi connectivity index (χ0v) is 17.6. The third kappa shape index (κ3) is 5.62. The molecule has 0 radical (unpaired) electrons. The molecule has 0 atom stereocenters. The van der Waals surface area contributed by atoms with E-state index in [-0.39, 0.29) is 11.7 Å². The number of nitrogens with zero attached hydrogens (tertiary/aromatic N) is 5. The van der Waals surface area contributed by atoms with Crippen LogP contribution in [0.15, 0.2) is 42.5 Å². The standard InChI is InChI=1S/C22H27FN6O/c1-28(2)21-13-12-19(25-27-21)22(30)29(3)14-6-4-5-7-18-15-20(26-24-18)16-8-10-17(23)11-9-16/h8-13,15H,4-7,14H2,1-3H3,(H,24,26). The second-order valence-electron chi connectivity index (χ2n) is 7.49. The van der Waals surface area contributed by atoms with Crippen LogP contribution in [-0.4, -0.2) is 58.9 Å².